The molecule has 0 aliphatic carbocycles. The lowest BCUT2D eigenvalue weighted by Crippen LogP contribution is -2.55. The molecule has 4 atom stereocenters. The molecule has 0 amide bonds. The van der Waals surface area contributed by atoms with Gasteiger partial charge in [0, 0.05) is 0 Å². The van der Waals surface area contributed by atoms with Gasteiger partial charge in [-0.25, -0.2) is 0 Å². The van der Waals surface area contributed by atoms with Gasteiger partial charge in [0.15, 0.2) is 0 Å². The highest BCUT2D eigenvalue weighted by molar-refractivity contribution is 5.51. The Hall–Kier alpha value is -1.72. The summed E-state index contributed by atoms with van der Waals surface area (Å²) in [7, 11) is 0. The third kappa shape index (κ3) is 5.83. The third-order valence-corrected chi connectivity index (χ3v) is 9.26. The second kappa shape index (κ2) is 13.4. The third-order valence-electron chi connectivity index (χ3n) is 9.26. The van der Waals surface area contributed by atoms with Gasteiger partial charge in [-0.1, -0.05) is 91.8 Å². The smallest absolute Gasteiger partial charge is 0.127 e. The molecule has 2 rings (SSSR count). The molecule has 2 aromatic carbocycles. The van der Waals surface area contributed by atoms with Crippen LogP contribution in [-0.2, 0) is 5.60 Å². The van der Waals surface area contributed by atoms with Crippen molar-refractivity contribution in [3.8, 4) is 0 Å². The fourth-order valence-electron chi connectivity index (χ4n) is 5.37. The van der Waals surface area contributed by atoms with Crippen molar-refractivity contribution < 1.29 is 20.4 Å². The minimum absolute atomic E-state index is 0.144. The zero-order valence-corrected chi connectivity index (χ0v) is 24.5. The lowest BCUT2D eigenvalue weighted by Gasteiger charge is -2.47. The van der Waals surface area contributed by atoms with Crippen LogP contribution in [0.5, 0.6) is 0 Å². The van der Waals surface area contributed by atoms with Crippen molar-refractivity contribution in [3.05, 3.63) is 69.8 Å². The van der Waals surface area contributed by atoms with Crippen LogP contribution in [0, 0.1) is 5.41 Å². The second-order valence-electron chi connectivity index (χ2n) is 11.4. The zero-order chi connectivity index (χ0) is 28.0. The Balaban J connectivity index is 3.07. The van der Waals surface area contributed by atoms with Gasteiger partial charge in [-0.3, -0.25) is 0 Å². The maximum Gasteiger partial charge on any atom is 0.127 e. The highest BCUT2D eigenvalue weighted by Crippen LogP contribution is 2.50. The molecular formula is C33H52O4. The van der Waals surface area contributed by atoms with Gasteiger partial charge in [-0.05, 0) is 82.7 Å². The summed E-state index contributed by atoms with van der Waals surface area (Å²) in [4.78, 5) is 0. The Bertz CT molecular complexity index is 918. The molecule has 0 aliphatic heterocycles. The van der Waals surface area contributed by atoms with Gasteiger partial charge >= 0.3 is 0 Å². The Morgan fingerprint density at radius 1 is 0.568 bits per heavy atom. The van der Waals surface area contributed by atoms with Crippen molar-refractivity contribution in [1.29, 1.82) is 0 Å². The molecule has 2 aromatic rings. The minimum atomic E-state index is -1.80. The molecule has 0 saturated carbocycles. The van der Waals surface area contributed by atoms with E-state index in [-0.39, 0.29) is 11.8 Å². The lowest BCUT2D eigenvalue weighted by molar-refractivity contribution is -0.137. The summed E-state index contributed by atoms with van der Waals surface area (Å²) in [6.07, 6.45) is 3.77. The molecule has 208 valence electrons. The number of hydrogen-bond acceptors (Lipinski definition) is 4. The Morgan fingerprint density at radius 3 is 1.16 bits per heavy atom. The van der Waals surface area contributed by atoms with Crippen molar-refractivity contribution in [1.82, 2.24) is 0 Å². The van der Waals surface area contributed by atoms with E-state index in [9.17, 15) is 20.4 Å². The van der Waals surface area contributed by atoms with Gasteiger partial charge in [-0.15, -0.1) is 0 Å². The van der Waals surface area contributed by atoms with Crippen molar-refractivity contribution in [2.75, 3.05) is 19.8 Å². The molecule has 0 saturated heterocycles. The fourth-order valence-corrected chi connectivity index (χ4v) is 5.37. The van der Waals surface area contributed by atoms with E-state index in [1.165, 1.54) is 11.1 Å². The molecule has 4 N–H and O–H groups in total. The fraction of sp³-hybridized carbons (Fsp3) is 0.636. The Labute approximate surface area is 225 Å². The standard InChI is InChI=1S/C33H52O4/c1-9-22(5)26-13-15-30(28(17-26)24(7)11-3)33(37,32(19-34,20-35)21-36)31-16-14-27(23(6)10-2)18-29(31)25(8)12-4/h13-18,22-25,34-37H,9-12,19-21H2,1-8H3. The molecule has 37 heavy (non-hydrogen) atoms. The quantitative estimate of drug-likeness (QED) is 0.221. The second-order valence-corrected chi connectivity index (χ2v) is 11.4. The van der Waals surface area contributed by atoms with Crippen LogP contribution in [0.3, 0.4) is 0 Å². The number of benzene rings is 2. The van der Waals surface area contributed by atoms with Crippen LogP contribution in [0.4, 0.5) is 0 Å². The van der Waals surface area contributed by atoms with Crippen LogP contribution in [0.2, 0.25) is 0 Å². The van der Waals surface area contributed by atoms with Crippen molar-refractivity contribution in [2.45, 2.75) is 110 Å². The average molecular weight is 513 g/mol. The van der Waals surface area contributed by atoms with E-state index in [1.54, 1.807) is 0 Å². The number of rotatable bonds is 14. The summed E-state index contributed by atoms with van der Waals surface area (Å²) in [5.74, 6) is 1.03. The molecule has 4 unspecified atom stereocenters. The van der Waals surface area contributed by atoms with E-state index < -0.39 is 30.8 Å². The topological polar surface area (TPSA) is 80.9 Å². The lowest BCUT2D eigenvalue weighted by atomic mass is 9.62. The largest absolute Gasteiger partial charge is 0.395 e. The van der Waals surface area contributed by atoms with Crippen LogP contribution in [0.1, 0.15) is 138 Å². The van der Waals surface area contributed by atoms with Gasteiger partial charge in [0.2, 0.25) is 0 Å². The molecule has 0 fully saturated rings. The summed E-state index contributed by atoms with van der Waals surface area (Å²) < 4.78 is 0. The van der Waals surface area contributed by atoms with E-state index in [0.717, 1.165) is 36.8 Å². The zero-order valence-electron chi connectivity index (χ0n) is 24.5. The predicted octanol–water partition coefficient (Wildman–Crippen LogP) is 6.94. The van der Waals surface area contributed by atoms with E-state index in [2.05, 4.69) is 79.7 Å². The Kier molecular flexibility index (Phi) is 11.4. The number of hydrogen-bond donors (Lipinski definition) is 4. The summed E-state index contributed by atoms with van der Waals surface area (Å²) in [5, 5.41) is 45.1. The van der Waals surface area contributed by atoms with E-state index in [1.807, 2.05) is 12.1 Å². The monoisotopic (exact) mass is 512 g/mol. The SMILES string of the molecule is CCC(C)c1ccc(C(O)(c2ccc(C(C)CC)cc2C(C)CC)C(CO)(CO)CO)c(C(C)CC)c1. The summed E-state index contributed by atoms with van der Waals surface area (Å²) in [6.45, 7) is 15.6. The first kappa shape index (κ1) is 31.5. The molecule has 0 bridgehead atoms. The Morgan fingerprint density at radius 2 is 0.892 bits per heavy atom. The van der Waals surface area contributed by atoms with E-state index in [4.69, 9.17) is 0 Å². The van der Waals surface area contributed by atoms with Gasteiger partial charge in [-0.2, -0.15) is 0 Å². The van der Waals surface area contributed by atoms with Gasteiger partial charge in [0.05, 0.1) is 25.2 Å². The van der Waals surface area contributed by atoms with Crippen LogP contribution in [-0.4, -0.2) is 40.2 Å². The summed E-state index contributed by atoms with van der Waals surface area (Å²) in [6, 6.07) is 12.5. The van der Waals surface area contributed by atoms with Crippen molar-refractivity contribution in [2.24, 2.45) is 5.41 Å². The first-order valence-corrected chi connectivity index (χ1v) is 14.4. The maximum absolute atomic E-state index is 13.0. The molecule has 0 radical (unpaired) electrons. The van der Waals surface area contributed by atoms with Crippen LogP contribution in [0.25, 0.3) is 0 Å². The first-order chi connectivity index (χ1) is 17.5. The van der Waals surface area contributed by atoms with Crippen molar-refractivity contribution >= 4 is 0 Å². The summed E-state index contributed by atoms with van der Waals surface area (Å²) >= 11 is 0. The molecular weight excluding hydrogens is 460 g/mol. The number of aliphatic hydroxyl groups excluding tert-OH is 3. The predicted molar refractivity (Wildman–Crippen MR) is 154 cm³/mol. The highest BCUT2D eigenvalue weighted by Gasteiger charge is 2.54. The molecule has 0 spiro atoms. The van der Waals surface area contributed by atoms with Crippen LogP contribution >= 0.6 is 0 Å². The molecule has 0 aliphatic rings. The van der Waals surface area contributed by atoms with Crippen molar-refractivity contribution in [3.63, 3.8) is 0 Å². The molecule has 0 heterocycles. The normalized spacial score (nSPS) is 17.2. The van der Waals surface area contributed by atoms with Crippen LogP contribution < -0.4 is 0 Å². The van der Waals surface area contributed by atoms with Crippen LogP contribution in [0.15, 0.2) is 36.4 Å². The van der Waals surface area contributed by atoms with Gasteiger partial charge in [0.25, 0.3) is 0 Å². The average Bonchev–Trinajstić information content (AvgIpc) is 2.95. The highest BCUT2D eigenvalue weighted by atomic mass is 16.3. The van der Waals surface area contributed by atoms with Gasteiger partial charge in [0.1, 0.15) is 5.60 Å². The van der Waals surface area contributed by atoms with E-state index in [0.29, 0.717) is 23.0 Å². The minimum Gasteiger partial charge on any atom is -0.395 e. The maximum atomic E-state index is 13.0. The van der Waals surface area contributed by atoms with E-state index >= 15 is 0 Å². The molecule has 4 heteroatoms. The first-order valence-electron chi connectivity index (χ1n) is 14.4. The van der Waals surface area contributed by atoms with Gasteiger partial charge < -0.3 is 20.4 Å². The number of aliphatic hydroxyl groups is 4. The molecule has 4 nitrogen and oxygen atoms in total. The molecule has 0 aromatic heterocycles. The summed E-state index contributed by atoms with van der Waals surface area (Å²) in [5.41, 5.74) is 2.37.